The molecule has 0 radical (unpaired) electrons. The van der Waals surface area contributed by atoms with Crippen LogP contribution < -0.4 is 16.8 Å². The number of anilines is 2. The summed E-state index contributed by atoms with van der Waals surface area (Å²) in [4.78, 5) is 16.3. The largest absolute Gasteiger partial charge is 0.397 e. The molecule has 0 bridgehead atoms. The quantitative estimate of drug-likeness (QED) is 0.572. The molecule has 2 rings (SSSR count). The van der Waals surface area contributed by atoms with E-state index in [0.717, 1.165) is 0 Å². The zero-order valence-electron chi connectivity index (χ0n) is 11.5. The van der Waals surface area contributed by atoms with Crippen molar-refractivity contribution in [2.45, 2.75) is 13.0 Å². The van der Waals surface area contributed by atoms with Gasteiger partial charge in [-0.05, 0) is 19.1 Å². The van der Waals surface area contributed by atoms with Crippen molar-refractivity contribution in [1.29, 1.82) is 0 Å². The van der Waals surface area contributed by atoms with Crippen LogP contribution in [0.3, 0.4) is 0 Å². The van der Waals surface area contributed by atoms with Crippen LogP contribution in [0.2, 0.25) is 15.1 Å². The predicted octanol–water partition coefficient (Wildman–Crippen LogP) is 3.90. The van der Waals surface area contributed by atoms with Crippen molar-refractivity contribution >= 4 is 52.1 Å². The Labute approximate surface area is 142 Å². The van der Waals surface area contributed by atoms with Crippen molar-refractivity contribution in [2.75, 3.05) is 11.1 Å². The maximum Gasteiger partial charge on any atom is 0.258 e. The molecule has 0 aliphatic rings. The fraction of sp³-hybridized carbons (Fsp3) is 0.143. The second kappa shape index (κ2) is 6.71. The van der Waals surface area contributed by atoms with Gasteiger partial charge >= 0.3 is 0 Å². The number of hydrogen-bond donors (Lipinski definition) is 3. The van der Waals surface area contributed by atoms with E-state index in [-0.39, 0.29) is 26.3 Å². The van der Waals surface area contributed by atoms with Crippen molar-refractivity contribution in [2.24, 2.45) is 5.73 Å². The van der Waals surface area contributed by atoms with Crippen LogP contribution in [-0.4, -0.2) is 10.9 Å². The average molecular weight is 360 g/mol. The van der Waals surface area contributed by atoms with E-state index in [0.29, 0.717) is 11.3 Å². The number of halogens is 3. The molecule has 1 atom stereocenters. The lowest BCUT2D eigenvalue weighted by Crippen LogP contribution is -2.17. The first-order valence-electron chi connectivity index (χ1n) is 6.27. The molecular formula is C14H13Cl3N4O. The summed E-state index contributed by atoms with van der Waals surface area (Å²) in [6, 6.07) is 2.78. The van der Waals surface area contributed by atoms with Gasteiger partial charge in [-0.25, -0.2) is 0 Å². The van der Waals surface area contributed by atoms with E-state index in [1.807, 2.05) is 0 Å². The lowest BCUT2D eigenvalue weighted by Gasteiger charge is -2.18. The number of pyridine rings is 1. The Balaban J connectivity index is 2.50. The summed E-state index contributed by atoms with van der Waals surface area (Å²) in [7, 11) is 0. The third-order valence-corrected chi connectivity index (χ3v) is 4.28. The number of nitrogens with two attached hydrogens (primary N) is 2. The second-order valence-corrected chi connectivity index (χ2v) is 5.76. The Morgan fingerprint density at radius 1 is 1.18 bits per heavy atom. The SMILES string of the molecule is C[C@@H](N)c1c(N)c(Cl)c(C(=O)Nc2ccncc2)c(Cl)c1Cl. The van der Waals surface area contributed by atoms with Crippen molar-refractivity contribution in [3.63, 3.8) is 0 Å². The molecule has 0 aliphatic carbocycles. The Morgan fingerprint density at radius 2 is 1.77 bits per heavy atom. The predicted molar refractivity (Wildman–Crippen MR) is 90.7 cm³/mol. The maximum absolute atomic E-state index is 12.4. The zero-order chi connectivity index (χ0) is 16.4. The summed E-state index contributed by atoms with van der Waals surface area (Å²) in [5.41, 5.74) is 12.9. The van der Waals surface area contributed by atoms with Gasteiger partial charge in [-0.2, -0.15) is 0 Å². The highest BCUT2D eigenvalue weighted by Gasteiger charge is 2.25. The molecular weight excluding hydrogens is 347 g/mol. The molecule has 22 heavy (non-hydrogen) atoms. The first kappa shape index (κ1) is 16.8. The zero-order valence-corrected chi connectivity index (χ0v) is 13.8. The van der Waals surface area contributed by atoms with E-state index in [4.69, 9.17) is 46.3 Å². The number of nitrogens with one attached hydrogen (secondary N) is 1. The number of nitrogens with zero attached hydrogens (tertiary/aromatic N) is 1. The third-order valence-electron chi connectivity index (χ3n) is 3.02. The highest BCUT2D eigenvalue weighted by atomic mass is 35.5. The number of nitrogen functional groups attached to an aromatic ring is 1. The second-order valence-electron chi connectivity index (χ2n) is 4.62. The first-order chi connectivity index (χ1) is 10.3. The minimum Gasteiger partial charge on any atom is -0.397 e. The van der Waals surface area contributed by atoms with Crippen LogP contribution in [0.5, 0.6) is 0 Å². The van der Waals surface area contributed by atoms with Gasteiger partial charge in [-0.3, -0.25) is 9.78 Å². The van der Waals surface area contributed by atoms with E-state index in [1.165, 1.54) is 0 Å². The summed E-state index contributed by atoms with van der Waals surface area (Å²) in [6.07, 6.45) is 3.08. The van der Waals surface area contributed by atoms with E-state index in [1.54, 1.807) is 31.5 Å². The third kappa shape index (κ3) is 3.13. The van der Waals surface area contributed by atoms with Crippen LogP contribution in [0.1, 0.15) is 28.9 Å². The molecule has 0 saturated carbocycles. The fourth-order valence-electron chi connectivity index (χ4n) is 1.97. The van der Waals surface area contributed by atoms with Crippen molar-refractivity contribution in [3.8, 4) is 0 Å². The molecule has 1 aromatic heterocycles. The minimum atomic E-state index is -0.522. The topological polar surface area (TPSA) is 94.0 Å². The molecule has 5 N–H and O–H groups in total. The molecule has 0 fully saturated rings. The van der Waals surface area contributed by atoms with Gasteiger partial charge in [0.2, 0.25) is 0 Å². The van der Waals surface area contributed by atoms with Crippen LogP contribution >= 0.6 is 34.8 Å². The number of carbonyl (C=O) groups is 1. The van der Waals surface area contributed by atoms with Gasteiger partial charge in [-0.1, -0.05) is 34.8 Å². The molecule has 0 spiro atoms. The van der Waals surface area contributed by atoms with E-state index < -0.39 is 11.9 Å². The molecule has 0 unspecified atom stereocenters. The lowest BCUT2D eigenvalue weighted by molar-refractivity contribution is 0.102. The van der Waals surface area contributed by atoms with Crippen LogP contribution in [0.25, 0.3) is 0 Å². The molecule has 2 aromatic rings. The molecule has 0 aliphatic heterocycles. The monoisotopic (exact) mass is 358 g/mol. The van der Waals surface area contributed by atoms with Crippen LogP contribution in [-0.2, 0) is 0 Å². The van der Waals surface area contributed by atoms with Crippen molar-refractivity contribution < 1.29 is 4.79 Å². The molecule has 1 amide bonds. The Kier molecular flexibility index (Phi) is 5.13. The molecule has 116 valence electrons. The number of hydrogen-bond acceptors (Lipinski definition) is 4. The molecule has 0 saturated heterocycles. The van der Waals surface area contributed by atoms with Crippen molar-refractivity contribution in [3.05, 3.63) is 50.7 Å². The van der Waals surface area contributed by atoms with Gasteiger partial charge in [-0.15, -0.1) is 0 Å². The lowest BCUT2D eigenvalue weighted by atomic mass is 10.0. The molecule has 5 nitrogen and oxygen atoms in total. The number of amides is 1. The van der Waals surface area contributed by atoms with Crippen molar-refractivity contribution in [1.82, 2.24) is 4.98 Å². The van der Waals surface area contributed by atoms with Gasteiger partial charge < -0.3 is 16.8 Å². The van der Waals surface area contributed by atoms with Gasteiger partial charge in [0, 0.05) is 29.7 Å². The summed E-state index contributed by atoms with van der Waals surface area (Å²) >= 11 is 18.5. The Morgan fingerprint density at radius 3 is 2.32 bits per heavy atom. The van der Waals surface area contributed by atoms with E-state index in [9.17, 15) is 4.79 Å². The standard InChI is InChI=1S/C14H13Cl3N4O/c1-6(18)8-10(15)11(16)9(12(17)13(8)19)14(22)21-7-2-4-20-5-3-7/h2-6H,18-19H2,1H3,(H,20,21,22)/t6-/m1/s1. The highest BCUT2D eigenvalue weighted by molar-refractivity contribution is 6.48. The summed E-state index contributed by atoms with van der Waals surface area (Å²) in [6.45, 7) is 1.70. The summed E-state index contributed by atoms with van der Waals surface area (Å²) < 4.78 is 0. The minimum absolute atomic E-state index is 0.00652. The Bertz CT molecular complexity index is 691. The van der Waals surface area contributed by atoms with Gasteiger partial charge in [0.1, 0.15) is 0 Å². The van der Waals surface area contributed by atoms with Gasteiger partial charge in [0.25, 0.3) is 5.91 Å². The summed E-state index contributed by atoms with van der Waals surface area (Å²) in [5, 5.41) is 2.81. The van der Waals surface area contributed by atoms with Crippen LogP contribution in [0.15, 0.2) is 24.5 Å². The number of rotatable bonds is 3. The van der Waals surface area contributed by atoms with Gasteiger partial charge in [0.05, 0.1) is 26.3 Å². The Hall–Kier alpha value is -1.53. The number of benzene rings is 1. The fourth-order valence-corrected chi connectivity index (χ4v) is 2.95. The number of carbonyl (C=O) groups excluding carboxylic acids is 1. The normalized spacial score (nSPS) is 12.0. The molecule has 8 heteroatoms. The maximum atomic E-state index is 12.4. The molecule has 1 aromatic carbocycles. The van der Waals surface area contributed by atoms with Gasteiger partial charge in [0.15, 0.2) is 0 Å². The summed E-state index contributed by atoms with van der Waals surface area (Å²) in [5.74, 6) is -0.522. The van der Waals surface area contributed by atoms with Crippen LogP contribution in [0, 0.1) is 0 Å². The smallest absolute Gasteiger partial charge is 0.258 e. The first-order valence-corrected chi connectivity index (χ1v) is 7.40. The number of aromatic nitrogens is 1. The average Bonchev–Trinajstić information content (AvgIpc) is 2.46. The molecule has 1 heterocycles. The highest BCUT2D eigenvalue weighted by Crippen LogP contribution is 2.42. The van der Waals surface area contributed by atoms with E-state index in [2.05, 4.69) is 10.3 Å². The van der Waals surface area contributed by atoms with Crippen LogP contribution in [0.4, 0.5) is 11.4 Å². The van der Waals surface area contributed by atoms with E-state index >= 15 is 0 Å².